The van der Waals surface area contributed by atoms with Gasteiger partial charge in [0.25, 0.3) is 0 Å². The predicted molar refractivity (Wildman–Crippen MR) is 48.2 cm³/mol. The van der Waals surface area contributed by atoms with Crippen LogP contribution in [-0.2, 0) is 16.1 Å². The lowest BCUT2D eigenvalue weighted by molar-refractivity contribution is -0.137. The van der Waals surface area contributed by atoms with Crippen LogP contribution >= 0.6 is 11.6 Å². The molecule has 0 atom stereocenters. The highest BCUT2D eigenvalue weighted by molar-refractivity contribution is 6.30. The molecule has 1 radical (unpaired) electrons. The average molecular weight is 200 g/mol. The van der Waals surface area contributed by atoms with Crippen LogP contribution in [-0.4, -0.2) is 11.1 Å². The summed E-state index contributed by atoms with van der Waals surface area (Å²) in [6.07, 6.45) is 0. The lowest BCUT2D eigenvalue weighted by Crippen LogP contribution is -2.00. The smallest absolute Gasteiger partial charge is 0.336 e. The second kappa shape index (κ2) is 4.84. The number of benzene rings is 1. The average Bonchev–Trinajstić information content (AvgIpc) is 2.03. The van der Waals surface area contributed by atoms with E-state index in [0.717, 1.165) is 12.2 Å². The van der Waals surface area contributed by atoms with Crippen LogP contribution in [0.5, 0.6) is 0 Å². The summed E-state index contributed by atoms with van der Waals surface area (Å²) in [4.78, 5) is 10.0. The molecule has 0 aliphatic carbocycles. The number of hydrogen-bond acceptors (Lipinski definition) is 2. The van der Waals surface area contributed by atoms with Crippen LogP contribution in [0.3, 0.4) is 0 Å². The summed E-state index contributed by atoms with van der Waals surface area (Å²) >= 11 is 5.70. The summed E-state index contributed by atoms with van der Waals surface area (Å²) in [5, 5.41) is 8.85. The monoisotopic (exact) mass is 199 g/mol. The van der Waals surface area contributed by atoms with E-state index in [4.69, 9.17) is 21.4 Å². The van der Waals surface area contributed by atoms with Crippen LogP contribution in [0.1, 0.15) is 5.56 Å². The van der Waals surface area contributed by atoms with Crippen molar-refractivity contribution in [3.8, 4) is 0 Å². The van der Waals surface area contributed by atoms with Gasteiger partial charge in [0.2, 0.25) is 0 Å². The van der Waals surface area contributed by atoms with E-state index in [1.165, 1.54) is 0 Å². The van der Waals surface area contributed by atoms with Gasteiger partial charge in [0.05, 0.1) is 6.61 Å². The number of ether oxygens (including phenoxy) is 1. The maximum atomic E-state index is 10.0. The maximum Gasteiger partial charge on any atom is 0.336 e. The summed E-state index contributed by atoms with van der Waals surface area (Å²) in [5.41, 5.74) is 0.838. The van der Waals surface area contributed by atoms with Crippen molar-refractivity contribution in [2.24, 2.45) is 0 Å². The van der Waals surface area contributed by atoms with Gasteiger partial charge in [-0.2, -0.15) is 0 Å². The molecule has 3 nitrogen and oxygen atoms in total. The molecule has 1 aromatic carbocycles. The Morgan fingerprint density at radius 3 is 3.00 bits per heavy atom. The van der Waals surface area contributed by atoms with Gasteiger partial charge in [0.15, 0.2) is 6.61 Å². The molecule has 0 bridgehead atoms. The minimum absolute atomic E-state index is 0.215. The Bertz CT molecular complexity index is 299. The molecule has 0 aliphatic rings. The van der Waals surface area contributed by atoms with Crippen molar-refractivity contribution in [2.75, 3.05) is 0 Å². The minimum atomic E-state index is -1.10. The van der Waals surface area contributed by atoms with Crippen LogP contribution in [0.25, 0.3) is 0 Å². The molecule has 69 valence electrons. The van der Waals surface area contributed by atoms with Crippen LogP contribution in [0.4, 0.5) is 0 Å². The molecule has 0 unspecified atom stereocenters. The second-order valence-electron chi connectivity index (χ2n) is 2.40. The maximum absolute atomic E-state index is 10.0. The first-order chi connectivity index (χ1) is 6.18. The van der Waals surface area contributed by atoms with E-state index >= 15 is 0 Å². The van der Waals surface area contributed by atoms with Crippen LogP contribution < -0.4 is 0 Å². The van der Waals surface area contributed by atoms with Gasteiger partial charge in [0, 0.05) is 5.02 Å². The molecule has 13 heavy (non-hydrogen) atoms. The van der Waals surface area contributed by atoms with Crippen LogP contribution in [0.2, 0.25) is 5.02 Å². The van der Waals surface area contributed by atoms with Gasteiger partial charge in [-0.3, -0.25) is 0 Å². The molecular weight excluding hydrogens is 192 g/mol. The number of carboxylic acids is 1. The van der Waals surface area contributed by atoms with Crippen molar-refractivity contribution >= 4 is 17.6 Å². The molecule has 0 saturated heterocycles. The van der Waals surface area contributed by atoms with Crippen molar-refractivity contribution in [1.82, 2.24) is 0 Å². The number of carbonyl (C=O) groups is 1. The normalized spacial score (nSPS) is 9.92. The van der Waals surface area contributed by atoms with Gasteiger partial charge in [-0.1, -0.05) is 23.7 Å². The molecule has 0 spiro atoms. The molecule has 0 aromatic heterocycles. The first-order valence-electron chi connectivity index (χ1n) is 3.60. The van der Waals surface area contributed by atoms with E-state index in [1.807, 2.05) is 6.07 Å². The SMILES string of the molecule is O=C(O)[CH]OCc1cccc(Cl)c1. The quantitative estimate of drug-likeness (QED) is 0.808. The van der Waals surface area contributed by atoms with E-state index in [0.29, 0.717) is 5.02 Å². The number of halogens is 1. The van der Waals surface area contributed by atoms with E-state index in [1.54, 1.807) is 18.2 Å². The fourth-order valence-corrected chi connectivity index (χ4v) is 1.05. The lowest BCUT2D eigenvalue weighted by atomic mass is 10.2. The summed E-state index contributed by atoms with van der Waals surface area (Å²) in [6.45, 7) is 0.966. The minimum Gasteiger partial charge on any atom is -0.479 e. The fourth-order valence-electron chi connectivity index (χ4n) is 0.836. The van der Waals surface area contributed by atoms with Crippen LogP contribution in [0, 0.1) is 6.61 Å². The molecule has 4 heteroatoms. The third kappa shape index (κ3) is 3.92. The summed E-state index contributed by atoms with van der Waals surface area (Å²) in [5.74, 6) is -1.10. The highest BCUT2D eigenvalue weighted by Crippen LogP contribution is 2.11. The Morgan fingerprint density at radius 1 is 1.62 bits per heavy atom. The topological polar surface area (TPSA) is 46.5 Å². The largest absolute Gasteiger partial charge is 0.479 e. The molecule has 1 N–H and O–H groups in total. The Morgan fingerprint density at radius 2 is 2.38 bits per heavy atom. The Kier molecular flexibility index (Phi) is 3.73. The zero-order valence-electron chi connectivity index (χ0n) is 6.74. The molecule has 0 aliphatic heterocycles. The fraction of sp³-hybridized carbons (Fsp3) is 0.111. The highest BCUT2D eigenvalue weighted by atomic mass is 35.5. The Balaban J connectivity index is 2.41. The number of rotatable bonds is 4. The molecule has 0 saturated carbocycles. The molecule has 1 aromatic rings. The molecule has 1 rings (SSSR count). The lowest BCUT2D eigenvalue weighted by Gasteiger charge is -2.00. The van der Waals surface area contributed by atoms with Crippen molar-refractivity contribution < 1.29 is 14.6 Å². The number of hydrogen-bond donors (Lipinski definition) is 1. The van der Waals surface area contributed by atoms with Gasteiger partial charge < -0.3 is 9.84 Å². The molecule has 0 amide bonds. The summed E-state index contributed by atoms with van der Waals surface area (Å²) in [6, 6.07) is 7.05. The van der Waals surface area contributed by atoms with E-state index in [9.17, 15) is 4.79 Å². The zero-order valence-corrected chi connectivity index (χ0v) is 7.49. The predicted octanol–water partition coefficient (Wildman–Crippen LogP) is 2.10. The van der Waals surface area contributed by atoms with Gasteiger partial charge in [-0.15, -0.1) is 0 Å². The van der Waals surface area contributed by atoms with E-state index in [2.05, 4.69) is 0 Å². The molecular formula is C9H8ClO3. The van der Waals surface area contributed by atoms with Gasteiger partial charge in [0.1, 0.15) is 0 Å². The summed E-state index contributed by atoms with van der Waals surface area (Å²) < 4.78 is 4.75. The van der Waals surface area contributed by atoms with Crippen molar-refractivity contribution in [3.63, 3.8) is 0 Å². The number of carboxylic acid groups (broad SMARTS) is 1. The second-order valence-corrected chi connectivity index (χ2v) is 2.83. The third-order valence-electron chi connectivity index (χ3n) is 1.32. The summed E-state index contributed by atoms with van der Waals surface area (Å²) in [7, 11) is 0. The molecule has 0 heterocycles. The first kappa shape index (κ1) is 10.0. The van der Waals surface area contributed by atoms with E-state index < -0.39 is 5.97 Å². The third-order valence-corrected chi connectivity index (χ3v) is 1.56. The van der Waals surface area contributed by atoms with Gasteiger partial charge in [-0.05, 0) is 17.7 Å². The van der Waals surface area contributed by atoms with E-state index in [-0.39, 0.29) is 6.61 Å². The highest BCUT2D eigenvalue weighted by Gasteiger charge is 1.98. The Hall–Kier alpha value is -1.06. The number of aliphatic carboxylic acids is 1. The Labute approximate surface area is 80.9 Å². The van der Waals surface area contributed by atoms with Crippen molar-refractivity contribution in [2.45, 2.75) is 6.61 Å². The molecule has 0 fully saturated rings. The van der Waals surface area contributed by atoms with Gasteiger partial charge >= 0.3 is 5.97 Å². The first-order valence-corrected chi connectivity index (χ1v) is 3.98. The van der Waals surface area contributed by atoms with Crippen molar-refractivity contribution in [1.29, 1.82) is 0 Å². The standard InChI is InChI=1S/C9H8ClO3/c10-8-3-1-2-7(4-8)5-13-6-9(11)12/h1-4,6H,5H2,(H,11,12). The van der Waals surface area contributed by atoms with Crippen LogP contribution in [0.15, 0.2) is 24.3 Å². The van der Waals surface area contributed by atoms with Gasteiger partial charge in [-0.25, -0.2) is 4.79 Å². The van der Waals surface area contributed by atoms with Crippen molar-refractivity contribution in [3.05, 3.63) is 41.5 Å². The zero-order chi connectivity index (χ0) is 9.68.